The fourth-order valence-electron chi connectivity index (χ4n) is 2.04. The first-order valence-corrected chi connectivity index (χ1v) is 6.63. The third kappa shape index (κ3) is 2.47. The molecular formula is C13H15N7O. The molecule has 0 atom stereocenters. The van der Waals surface area contributed by atoms with Crippen molar-refractivity contribution in [2.45, 2.75) is 27.2 Å². The Bertz CT molecular complexity index is 817. The molecule has 0 saturated carbocycles. The molecule has 3 aromatic rings. The highest BCUT2D eigenvalue weighted by atomic mass is 16.2. The molecule has 108 valence electrons. The molecule has 8 heteroatoms. The topological polar surface area (TPSA) is 101 Å². The summed E-state index contributed by atoms with van der Waals surface area (Å²) in [5, 5.41) is 13.7. The lowest BCUT2D eigenvalue weighted by Crippen LogP contribution is -2.14. The minimum absolute atomic E-state index is 0.0669. The Morgan fingerprint density at radius 3 is 2.86 bits per heavy atom. The molecule has 0 radical (unpaired) electrons. The van der Waals surface area contributed by atoms with Gasteiger partial charge in [0, 0.05) is 23.1 Å². The molecule has 0 aliphatic carbocycles. The minimum atomic E-state index is -0.410. The second-order valence-electron chi connectivity index (χ2n) is 4.77. The predicted octanol–water partition coefficient (Wildman–Crippen LogP) is 1.28. The van der Waals surface area contributed by atoms with E-state index in [0.29, 0.717) is 11.6 Å². The minimum Gasteiger partial charge on any atom is -0.302 e. The second-order valence-corrected chi connectivity index (χ2v) is 4.77. The van der Waals surface area contributed by atoms with E-state index in [4.69, 9.17) is 0 Å². The van der Waals surface area contributed by atoms with E-state index >= 15 is 0 Å². The van der Waals surface area contributed by atoms with Crippen molar-refractivity contribution >= 4 is 17.5 Å². The monoisotopic (exact) mass is 285 g/mol. The molecule has 0 saturated heterocycles. The van der Waals surface area contributed by atoms with Gasteiger partial charge in [0.25, 0.3) is 11.7 Å². The Kier molecular flexibility index (Phi) is 3.13. The van der Waals surface area contributed by atoms with E-state index in [2.05, 4.69) is 30.6 Å². The maximum absolute atomic E-state index is 12.1. The first-order chi connectivity index (χ1) is 10.1. The number of hydrogen-bond acceptors (Lipinski definition) is 5. The number of aromatic amines is 1. The van der Waals surface area contributed by atoms with Crippen LogP contribution in [-0.4, -0.2) is 35.7 Å². The summed E-state index contributed by atoms with van der Waals surface area (Å²) in [5.41, 5.74) is 2.65. The molecule has 0 fully saturated rings. The first-order valence-electron chi connectivity index (χ1n) is 6.63. The van der Waals surface area contributed by atoms with Gasteiger partial charge in [-0.3, -0.25) is 9.89 Å². The average molecular weight is 285 g/mol. The van der Waals surface area contributed by atoms with E-state index in [1.807, 2.05) is 26.8 Å². The van der Waals surface area contributed by atoms with Crippen LogP contribution in [0.2, 0.25) is 0 Å². The van der Waals surface area contributed by atoms with Crippen molar-refractivity contribution in [2.24, 2.45) is 0 Å². The van der Waals surface area contributed by atoms with E-state index in [0.717, 1.165) is 23.5 Å². The lowest BCUT2D eigenvalue weighted by Gasteiger charge is -1.97. The van der Waals surface area contributed by atoms with Crippen LogP contribution in [0.5, 0.6) is 0 Å². The first kappa shape index (κ1) is 13.2. The van der Waals surface area contributed by atoms with Crippen LogP contribution in [0.1, 0.15) is 34.6 Å². The lowest BCUT2D eigenvalue weighted by molar-refractivity contribution is 0.101. The van der Waals surface area contributed by atoms with Crippen LogP contribution >= 0.6 is 0 Å². The number of H-pyrrole nitrogens is 1. The molecule has 3 aromatic heterocycles. The number of aryl methyl sites for hydroxylation is 3. The van der Waals surface area contributed by atoms with E-state index in [-0.39, 0.29) is 5.82 Å². The largest absolute Gasteiger partial charge is 0.302 e. The number of nitrogens with zero attached hydrogens (tertiary/aromatic N) is 5. The van der Waals surface area contributed by atoms with Gasteiger partial charge in [0.15, 0.2) is 5.82 Å². The molecule has 21 heavy (non-hydrogen) atoms. The van der Waals surface area contributed by atoms with Crippen molar-refractivity contribution in [1.82, 2.24) is 29.8 Å². The second kappa shape index (κ2) is 4.97. The number of rotatable bonds is 3. The van der Waals surface area contributed by atoms with Crippen molar-refractivity contribution in [3.63, 3.8) is 0 Å². The van der Waals surface area contributed by atoms with Gasteiger partial charge in [0.1, 0.15) is 0 Å². The summed E-state index contributed by atoms with van der Waals surface area (Å²) in [4.78, 5) is 20.5. The van der Waals surface area contributed by atoms with E-state index in [9.17, 15) is 4.79 Å². The molecule has 0 unspecified atom stereocenters. The number of anilines is 1. The SMILES string of the molecule is CCc1cc(NC(=O)c2nc3nc(C)cc(C)n3n2)n[nH]1. The van der Waals surface area contributed by atoms with E-state index < -0.39 is 5.91 Å². The van der Waals surface area contributed by atoms with Crippen molar-refractivity contribution < 1.29 is 4.79 Å². The molecule has 0 aliphatic rings. The fourth-order valence-corrected chi connectivity index (χ4v) is 2.04. The third-order valence-electron chi connectivity index (χ3n) is 3.07. The van der Waals surface area contributed by atoms with Crippen molar-refractivity contribution in [3.05, 3.63) is 35.0 Å². The molecule has 2 N–H and O–H groups in total. The summed E-state index contributed by atoms with van der Waals surface area (Å²) in [6.07, 6.45) is 0.817. The van der Waals surface area contributed by atoms with Gasteiger partial charge in [-0.1, -0.05) is 6.92 Å². The summed E-state index contributed by atoms with van der Waals surface area (Å²) in [6.45, 7) is 5.76. The maximum Gasteiger partial charge on any atom is 0.296 e. The molecule has 0 bridgehead atoms. The molecule has 3 heterocycles. The van der Waals surface area contributed by atoms with Crippen LogP contribution < -0.4 is 5.32 Å². The number of hydrogen-bond donors (Lipinski definition) is 2. The van der Waals surface area contributed by atoms with Crippen molar-refractivity contribution in [1.29, 1.82) is 0 Å². The van der Waals surface area contributed by atoms with Crippen LogP contribution in [0, 0.1) is 13.8 Å². The fraction of sp³-hybridized carbons (Fsp3) is 0.308. The number of fused-ring (bicyclic) bond motifs is 1. The van der Waals surface area contributed by atoms with Crippen LogP contribution in [-0.2, 0) is 6.42 Å². The highest BCUT2D eigenvalue weighted by Gasteiger charge is 2.16. The van der Waals surface area contributed by atoms with Crippen LogP contribution in [0.4, 0.5) is 5.82 Å². The zero-order chi connectivity index (χ0) is 15.0. The lowest BCUT2D eigenvalue weighted by atomic mass is 10.3. The Labute approximate surface area is 120 Å². The van der Waals surface area contributed by atoms with Gasteiger partial charge in [-0.2, -0.15) is 10.1 Å². The average Bonchev–Trinajstić information content (AvgIpc) is 3.04. The molecule has 0 aromatic carbocycles. The Hall–Kier alpha value is -2.77. The molecular weight excluding hydrogens is 270 g/mol. The molecule has 0 aliphatic heterocycles. The van der Waals surface area contributed by atoms with Gasteiger partial charge < -0.3 is 5.32 Å². The summed E-state index contributed by atoms with van der Waals surface area (Å²) in [6, 6.07) is 3.66. The molecule has 8 nitrogen and oxygen atoms in total. The van der Waals surface area contributed by atoms with Crippen molar-refractivity contribution in [3.8, 4) is 0 Å². The zero-order valence-corrected chi connectivity index (χ0v) is 12.0. The van der Waals surface area contributed by atoms with Crippen LogP contribution in [0.3, 0.4) is 0 Å². The summed E-state index contributed by atoms with van der Waals surface area (Å²) >= 11 is 0. The zero-order valence-electron chi connectivity index (χ0n) is 12.0. The number of carbonyl (C=O) groups is 1. The van der Waals surface area contributed by atoms with Gasteiger partial charge in [-0.05, 0) is 26.3 Å². The summed E-state index contributed by atoms with van der Waals surface area (Å²) in [5.74, 6) is 0.523. The standard InChI is InChI=1S/C13H15N7O/c1-4-9-6-10(18-17-9)15-12(21)11-16-13-14-7(2)5-8(3)20(13)19-11/h5-6H,4H2,1-3H3,(H2,15,17,18,21). The Morgan fingerprint density at radius 1 is 1.33 bits per heavy atom. The number of amides is 1. The smallest absolute Gasteiger partial charge is 0.296 e. The third-order valence-corrected chi connectivity index (χ3v) is 3.07. The maximum atomic E-state index is 12.1. The van der Waals surface area contributed by atoms with Gasteiger partial charge in [-0.15, -0.1) is 5.10 Å². The summed E-state index contributed by atoms with van der Waals surface area (Å²) in [7, 11) is 0. The highest BCUT2D eigenvalue weighted by molar-refractivity contribution is 6.01. The Morgan fingerprint density at radius 2 is 2.14 bits per heavy atom. The van der Waals surface area contributed by atoms with Gasteiger partial charge in [0.05, 0.1) is 0 Å². The molecule has 0 spiro atoms. The number of aromatic nitrogens is 6. The molecule has 3 rings (SSSR count). The van der Waals surface area contributed by atoms with Gasteiger partial charge in [0.2, 0.25) is 5.82 Å². The van der Waals surface area contributed by atoms with Crippen molar-refractivity contribution in [2.75, 3.05) is 5.32 Å². The van der Waals surface area contributed by atoms with E-state index in [1.54, 1.807) is 10.6 Å². The predicted molar refractivity (Wildman–Crippen MR) is 76.2 cm³/mol. The Balaban J connectivity index is 1.89. The quantitative estimate of drug-likeness (QED) is 0.755. The van der Waals surface area contributed by atoms with Gasteiger partial charge >= 0.3 is 0 Å². The summed E-state index contributed by atoms with van der Waals surface area (Å²) < 4.78 is 1.55. The van der Waals surface area contributed by atoms with Crippen LogP contribution in [0.15, 0.2) is 12.1 Å². The van der Waals surface area contributed by atoms with Gasteiger partial charge in [-0.25, -0.2) is 9.50 Å². The molecule has 1 amide bonds. The number of carbonyl (C=O) groups excluding carboxylic acids is 1. The highest BCUT2D eigenvalue weighted by Crippen LogP contribution is 2.09. The van der Waals surface area contributed by atoms with Crippen LogP contribution in [0.25, 0.3) is 5.78 Å². The van der Waals surface area contributed by atoms with E-state index in [1.165, 1.54) is 0 Å². The number of nitrogens with one attached hydrogen (secondary N) is 2. The normalized spacial score (nSPS) is 11.0.